The van der Waals surface area contributed by atoms with E-state index in [2.05, 4.69) is 48.5 Å². The van der Waals surface area contributed by atoms with Crippen molar-refractivity contribution in [2.45, 2.75) is 137 Å². The first-order valence-corrected chi connectivity index (χ1v) is 15.4. The van der Waals surface area contributed by atoms with E-state index in [0.717, 1.165) is 32.1 Å². The van der Waals surface area contributed by atoms with Crippen LogP contribution in [0.15, 0.2) is 0 Å². The van der Waals surface area contributed by atoms with Gasteiger partial charge in [0.2, 0.25) is 0 Å². The fourth-order valence-electron chi connectivity index (χ4n) is 12.4. The van der Waals surface area contributed by atoms with Gasteiger partial charge in [-0.2, -0.15) is 0 Å². The summed E-state index contributed by atoms with van der Waals surface area (Å²) >= 11 is 0. The minimum Gasteiger partial charge on any atom is -0.460 e. The second kappa shape index (κ2) is 7.97. The molecule has 6 aliphatic rings. The maximum absolute atomic E-state index is 12.3. The van der Waals surface area contributed by atoms with Gasteiger partial charge in [-0.25, -0.2) is 0 Å². The van der Waals surface area contributed by atoms with Gasteiger partial charge in [0.25, 0.3) is 0 Å². The highest BCUT2D eigenvalue weighted by Gasteiger charge is 2.84. The van der Waals surface area contributed by atoms with Crippen LogP contribution < -0.4 is 0 Å². The van der Waals surface area contributed by atoms with Crippen molar-refractivity contribution in [1.29, 1.82) is 0 Å². The van der Waals surface area contributed by atoms with Crippen LogP contribution in [0, 0.1) is 56.7 Å². The summed E-state index contributed by atoms with van der Waals surface area (Å²) < 4.78 is 12.6. The minimum absolute atomic E-state index is 0.0237. The molecule has 0 aromatic carbocycles. The molecule has 0 aromatic heterocycles. The van der Waals surface area contributed by atoms with Gasteiger partial charge in [0.1, 0.15) is 6.10 Å². The Balaban J connectivity index is 1.34. The van der Waals surface area contributed by atoms with Crippen LogP contribution in [0.2, 0.25) is 0 Å². The Morgan fingerprint density at radius 2 is 1.62 bits per heavy atom. The Hall–Kier alpha value is -0.650. The molecular weight excluding hydrogens is 464 g/mol. The lowest BCUT2D eigenvalue weighted by Crippen LogP contribution is -2.59. The predicted octanol–water partition coefficient (Wildman–Crippen LogP) is 5.75. The minimum atomic E-state index is -0.503. The van der Waals surface area contributed by atoms with Crippen LogP contribution in [-0.4, -0.2) is 46.7 Å². The molecule has 0 radical (unpaired) electrons. The number of aliphatic hydroxyl groups is 2. The van der Waals surface area contributed by atoms with Crippen LogP contribution in [-0.2, 0) is 14.3 Å². The van der Waals surface area contributed by atoms with E-state index in [4.69, 9.17) is 9.47 Å². The molecular formula is C32H52O5. The summed E-state index contributed by atoms with van der Waals surface area (Å²) in [6.07, 6.45) is 7.66. The van der Waals surface area contributed by atoms with Crippen LogP contribution in [0.3, 0.4) is 0 Å². The zero-order valence-corrected chi connectivity index (χ0v) is 24.5. The van der Waals surface area contributed by atoms with E-state index in [1.807, 2.05) is 0 Å². The molecule has 0 amide bonds. The molecule has 13 atom stereocenters. The number of esters is 1. The SMILES string of the molecule is CC(=O)O[C@H](C(C)C)[C@H]1C[C@@H](C)[C@H]2[C@H](O1)[C@H](O)[C@@]1(C)[C@@H]3CC[C@H]4C(C)(C)[C@@H](O)CC[C@@]45C[C@@]35CC[C@]21C. The highest BCUT2D eigenvalue weighted by molar-refractivity contribution is 5.66. The molecule has 0 unspecified atom stereocenters. The Morgan fingerprint density at radius 3 is 2.27 bits per heavy atom. The third kappa shape index (κ3) is 3.06. The number of hydrogen-bond donors (Lipinski definition) is 2. The number of hydrogen-bond acceptors (Lipinski definition) is 5. The van der Waals surface area contributed by atoms with E-state index in [1.54, 1.807) is 0 Å². The maximum atomic E-state index is 12.3. The molecule has 5 aliphatic carbocycles. The summed E-state index contributed by atoms with van der Waals surface area (Å²) in [4.78, 5) is 11.9. The average Bonchev–Trinajstić information content (AvgIpc) is 3.45. The molecule has 2 N–H and O–H groups in total. The Morgan fingerprint density at radius 1 is 0.973 bits per heavy atom. The van der Waals surface area contributed by atoms with Gasteiger partial charge in [-0.05, 0) is 103 Å². The van der Waals surface area contributed by atoms with Crippen LogP contribution >= 0.6 is 0 Å². The monoisotopic (exact) mass is 516 g/mol. The van der Waals surface area contributed by atoms with Crippen molar-refractivity contribution in [2.24, 2.45) is 56.7 Å². The summed E-state index contributed by atoms with van der Waals surface area (Å²) in [5.41, 5.74) is 0.490. The van der Waals surface area contributed by atoms with Crippen molar-refractivity contribution in [3.8, 4) is 0 Å². The van der Waals surface area contributed by atoms with Crippen molar-refractivity contribution < 1.29 is 24.5 Å². The first-order chi connectivity index (χ1) is 17.2. The second-order valence-corrected chi connectivity index (χ2v) is 15.9. The van der Waals surface area contributed by atoms with E-state index >= 15 is 0 Å². The quantitative estimate of drug-likeness (QED) is 0.467. The third-order valence-corrected chi connectivity index (χ3v) is 14.1. The fourth-order valence-corrected chi connectivity index (χ4v) is 12.4. The van der Waals surface area contributed by atoms with Gasteiger partial charge in [-0.3, -0.25) is 4.79 Å². The van der Waals surface area contributed by atoms with E-state index in [9.17, 15) is 15.0 Å². The van der Waals surface area contributed by atoms with Gasteiger partial charge in [0.05, 0.1) is 24.4 Å². The van der Waals surface area contributed by atoms with Crippen molar-refractivity contribution in [1.82, 2.24) is 0 Å². The molecule has 5 saturated carbocycles. The molecule has 5 heteroatoms. The molecule has 1 heterocycles. The van der Waals surface area contributed by atoms with Gasteiger partial charge < -0.3 is 19.7 Å². The zero-order chi connectivity index (χ0) is 26.9. The molecule has 1 saturated heterocycles. The second-order valence-electron chi connectivity index (χ2n) is 15.9. The average molecular weight is 517 g/mol. The van der Waals surface area contributed by atoms with E-state index < -0.39 is 6.10 Å². The molecule has 1 aliphatic heterocycles. The highest BCUT2D eigenvalue weighted by atomic mass is 16.6. The summed E-state index contributed by atoms with van der Waals surface area (Å²) in [7, 11) is 0. The number of ether oxygens (including phenoxy) is 2. The van der Waals surface area contributed by atoms with E-state index in [0.29, 0.717) is 34.5 Å². The number of carbonyl (C=O) groups is 1. The third-order valence-electron chi connectivity index (χ3n) is 14.1. The highest BCUT2D eigenvalue weighted by Crippen LogP contribution is 2.89. The van der Waals surface area contributed by atoms with Crippen molar-refractivity contribution in [2.75, 3.05) is 0 Å². The van der Waals surface area contributed by atoms with Crippen molar-refractivity contribution in [3.05, 3.63) is 0 Å². The zero-order valence-electron chi connectivity index (χ0n) is 24.5. The molecule has 2 spiro atoms. The van der Waals surface area contributed by atoms with Gasteiger partial charge in [-0.1, -0.05) is 48.5 Å². The molecule has 37 heavy (non-hydrogen) atoms. The normalized spacial score (nSPS) is 56.3. The van der Waals surface area contributed by atoms with Crippen molar-refractivity contribution >= 4 is 5.97 Å². The molecule has 0 bridgehead atoms. The van der Waals surface area contributed by atoms with Gasteiger partial charge in [0, 0.05) is 12.3 Å². The first kappa shape index (κ1) is 26.6. The summed E-state index contributed by atoms with van der Waals surface area (Å²) in [6, 6.07) is 0. The van der Waals surface area contributed by atoms with Crippen LogP contribution in [0.25, 0.3) is 0 Å². The molecule has 6 fully saturated rings. The van der Waals surface area contributed by atoms with Crippen LogP contribution in [0.4, 0.5) is 0 Å². The molecule has 0 aromatic rings. The molecule has 5 nitrogen and oxygen atoms in total. The van der Waals surface area contributed by atoms with Crippen molar-refractivity contribution in [3.63, 3.8) is 0 Å². The van der Waals surface area contributed by atoms with E-state index in [1.165, 1.54) is 26.2 Å². The summed E-state index contributed by atoms with van der Waals surface area (Å²) in [5.74, 6) is 1.73. The lowest BCUT2D eigenvalue weighted by molar-refractivity contribution is -0.195. The number of aliphatic hydroxyl groups excluding tert-OH is 2. The number of rotatable bonds is 3. The van der Waals surface area contributed by atoms with Gasteiger partial charge in [0.15, 0.2) is 0 Å². The van der Waals surface area contributed by atoms with Crippen LogP contribution in [0.5, 0.6) is 0 Å². The maximum Gasteiger partial charge on any atom is 0.303 e. The number of fused-ring (bicyclic) bond motifs is 4. The lowest BCUT2D eigenvalue weighted by Gasteiger charge is -2.63. The fraction of sp³-hybridized carbons (Fsp3) is 0.969. The Labute approximate surface area is 224 Å². The summed E-state index contributed by atoms with van der Waals surface area (Å²) in [5, 5.41) is 23.3. The Kier molecular flexibility index (Phi) is 5.72. The summed E-state index contributed by atoms with van der Waals surface area (Å²) in [6.45, 7) is 17.6. The predicted molar refractivity (Wildman–Crippen MR) is 142 cm³/mol. The topological polar surface area (TPSA) is 76.0 Å². The lowest BCUT2D eigenvalue weighted by atomic mass is 9.41. The van der Waals surface area contributed by atoms with Gasteiger partial charge in [-0.15, -0.1) is 0 Å². The van der Waals surface area contributed by atoms with Crippen LogP contribution in [0.1, 0.15) is 107 Å². The van der Waals surface area contributed by atoms with E-state index in [-0.39, 0.29) is 52.5 Å². The smallest absolute Gasteiger partial charge is 0.303 e. The number of carbonyl (C=O) groups excluding carboxylic acids is 1. The first-order valence-electron chi connectivity index (χ1n) is 15.4. The molecule has 210 valence electrons. The standard InChI is InChI=1S/C32H52O5/c1-17(2)25(36-19(4)33)20-15-18(3)24-26(37-20)27(35)30(8)22-10-9-21-28(5,6)23(34)11-12-31(21)16-32(22,31)14-13-29(24,30)7/h17-18,20-27,34-35H,9-16H2,1-8H3/t18-,20-,21+,22+,23+,24+,25-,26+,27+,29-,30-,31-,32+/m1/s1. The Bertz CT molecular complexity index is 961. The largest absolute Gasteiger partial charge is 0.460 e. The van der Waals surface area contributed by atoms with Gasteiger partial charge >= 0.3 is 5.97 Å². The molecule has 6 rings (SSSR count).